The molecule has 0 amide bonds. The van der Waals surface area contributed by atoms with Gasteiger partial charge in [-0.2, -0.15) is 11.3 Å². The van der Waals surface area contributed by atoms with Crippen molar-refractivity contribution < 1.29 is 4.74 Å². The quantitative estimate of drug-likeness (QED) is 0.609. The number of aryl methyl sites for hydroxylation is 1. The predicted octanol–water partition coefficient (Wildman–Crippen LogP) is 3.49. The maximum atomic E-state index is 5.25. The molecule has 0 aliphatic carbocycles. The van der Waals surface area contributed by atoms with E-state index in [2.05, 4.69) is 56.3 Å². The van der Waals surface area contributed by atoms with E-state index >= 15 is 0 Å². The van der Waals surface area contributed by atoms with Gasteiger partial charge in [-0.05, 0) is 54.4 Å². The highest BCUT2D eigenvalue weighted by molar-refractivity contribution is 7.07. The molecule has 3 aromatic heterocycles. The first-order valence-electron chi connectivity index (χ1n) is 9.91. The smallest absolute Gasteiger partial charge is 0.156 e. The summed E-state index contributed by atoms with van der Waals surface area (Å²) in [6, 6.07) is 4.48. The van der Waals surface area contributed by atoms with Crippen LogP contribution in [-0.4, -0.2) is 59.8 Å². The number of likely N-dealkylation sites (tertiary alicyclic amines) is 1. The Hall–Kier alpha value is -1.96. The molecule has 0 N–H and O–H groups in total. The van der Waals surface area contributed by atoms with Crippen LogP contribution in [0, 0.1) is 0 Å². The number of thiophene rings is 1. The summed E-state index contributed by atoms with van der Waals surface area (Å²) in [5.41, 5.74) is 4.76. The standard InChI is InChI=1S/C21H29N5OS/c1-24(9-10-27-3)21-20-19(25(2)15-22-20)12-18(23-21)17-4-7-26(8-5-17)13-16-6-11-28-14-16/h6,11-12,14-15,17H,4-5,7-10,13H2,1-3H3. The summed E-state index contributed by atoms with van der Waals surface area (Å²) in [4.78, 5) is 14.4. The molecule has 0 spiro atoms. The highest BCUT2D eigenvalue weighted by Gasteiger charge is 2.24. The minimum atomic E-state index is 0.507. The third-order valence-electron chi connectivity index (χ3n) is 5.70. The molecule has 0 radical (unpaired) electrons. The molecule has 0 atom stereocenters. The Labute approximate surface area is 170 Å². The molecule has 0 aromatic carbocycles. The van der Waals surface area contributed by atoms with Crippen molar-refractivity contribution in [2.45, 2.75) is 25.3 Å². The molecule has 0 bridgehead atoms. The molecule has 150 valence electrons. The fourth-order valence-corrected chi connectivity index (χ4v) is 4.63. The van der Waals surface area contributed by atoms with E-state index in [0.29, 0.717) is 12.5 Å². The number of fused-ring (bicyclic) bond motifs is 1. The van der Waals surface area contributed by atoms with E-state index in [1.807, 2.05) is 6.33 Å². The molecule has 1 saturated heterocycles. The lowest BCUT2D eigenvalue weighted by Crippen LogP contribution is -2.32. The summed E-state index contributed by atoms with van der Waals surface area (Å²) in [7, 11) is 5.86. The summed E-state index contributed by atoms with van der Waals surface area (Å²) in [5, 5.41) is 4.42. The number of nitrogens with zero attached hydrogens (tertiary/aromatic N) is 5. The molecule has 7 heteroatoms. The maximum absolute atomic E-state index is 5.25. The molecule has 6 nitrogen and oxygen atoms in total. The van der Waals surface area contributed by atoms with Crippen LogP contribution in [0.2, 0.25) is 0 Å². The highest BCUT2D eigenvalue weighted by Crippen LogP contribution is 2.32. The zero-order chi connectivity index (χ0) is 19.5. The van der Waals surface area contributed by atoms with Crippen LogP contribution in [0.3, 0.4) is 0 Å². The lowest BCUT2D eigenvalue weighted by atomic mass is 9.92. The molecule has 0 saturated carbocycles. The van der Waals surface area contributed by atoms with Crippen molar-refractivity contribution >= 4 is 28.2 Å². The monoisotopic (exact) mass is 399 g/mol. The Morgan fingerprint density at radius 1 is 1.32 bits per heavy atom. The number of rotatable bonds is 7. The van der Waals surface area contributed by atoms with Crippen molar-refractivity contribution in [3.05, 3.63) is 40.5 Å². The number of aromatic nitrogens is 3. The molecule has 4 rings (SSSR count). The lowest BCUT2D eigenvalue weighted by molar-refractivity contribution is 0.203. The number of anilines is 1. The van der Waals surface area contributed by atoms with Gasteiger partial charge in [-0.25, -0.2) is 9.97 Å². The Kier molecular flexibility index (Phi) is 5.94. The third-order valence-corrected chi connectivity index (χ3v) is 6.43. The van der Waals surface area contributed by atoms with Crippen molar-refractivity contribution in [2.24, 2.45) is 7.05 Å². The van der Waals surface area contributed by atoms with E-state index < -0.39 is 0 Å². The summed E-state index contributed by atoms with van der Waals surface area (Å²) in [6.07, 6.45) is 4.19. The number of imidazole rings is 1. The van der Waals surface area contributed by atoms with Gasteiger partial charge in [0.25, 0.3) is 0 Å². The van der Waals surface area contributed by atoms with Gasteiger partial charge >= 0.3 is 0 Å². The second kappa shape index (κ2) is 8.59. The van der Waals surface area contributed by atoms with Crippen LogP contribution in [0.4, 0.5) is 5.82 Å². The Morgan fingerprint density at radius 3 is 2.86 bits per heavy atom. The van der Waals surface area contributed by atoms with E-state index in [0.717, 1.165) is 55.9 Å². The largest absolute Gasteiger partial charge is 0.383 e. The van der Waals surface area contributed by atoms with Gasteiger partial charge in [0.2, 0.25) is 0 Å². The molecule has 1 aliphatic heterocycles. The SMILES string of the molecule is COCCN(C)c1nc(C2CCN(Cc3ccsc3)CC2)cc2c1ncn2C. The van der Waals surface area contributed by atoms with Crippen molar-refractivity contribution in [3.63, 3.8) is 0 Å². The highest BCUT2D eigenvalue weighted by atomic mass is 32.1. The van der Waals surface area contributed by atoms with Gasteiger partial charge in [0, 0.05) is 45.9 Å². The zero-order valence-electron chi connectivity index (χ0n) is 17.0. The van der Waals surface area contributed by atoms with E-state index in [9.17, 15) is 0 Å². The average Bonchev–Trinajstić information content (AvgIpc) is 3.36. The van der Waals surface area contributed by atoms with Crippen molar-refractivity contribution in [2.75, 3.05) is 45.3 Å². The number of ether oxygens (including phenoxy) is 1. The third kappa shape index (κ3) is 4.06. The fraction of sp³-hybridized carbons (Fsp3) is 0.524. The first kappa shape index (κ1) is 19.4. The number of likely N-dealkylation sites (N-methyl/N-ethyl adjacent to an activating group) is 1. The minimum Gasteiger partial charge on any atom is -0.383 e. The molecular formula is C21H29N5OS. The topological polar surface area (TPSA) is 46.4 Å². The molecule has 0 unspecified atom stereocenters. The van der Waals surface area contributed by atoms with Gasteiger partial charge in [0.1, 0.15) is 5.52 Å². The maximum Gasteiger partial charge on any atom is 0.156 e. The van der Waals surface area contributed by atoms with E-state index in [1.54, 1.807) is 18.4 Å². The molecular weight excluding hydrogens is 370 g/mol. The Morgan fingerprint density at radius 2 is 2.14 bits per heavy atom. The van der Waals surface area contributed by atoms with Crippen molar-refractivity contribution in [1.29, 1.82) is 0 Å². The second-order valence-electron chi connectivity index (χ2n) is 7.69. The second-order valence-corrected chi connectivity index (χ2v) is 8.47. The minimum absolute atomic E-state index is 0.507. The molecule has 3 aromatic rings. The van der Waals surface area contributed by atoms with E-state index in [1.165, 1.54) is 11.3 Å². The van der Waals surface area contributed by atoms with Crippen LogP contribution in [-0.2, 0) is 18.3 Å². The van der Waals surface area contributed by atoms with Crippen LogP contribution < -0.4 is 4.90 Å². The van der Waals surface area contributed by atoms with Gasteiger partial charge < -0.3 is 14.2 Å². The lowest BCUT2D eigenvalue weighted by Gasteiger charge is -2.32. The summed E-state index contributed by atoms with van der Waals surface area (Å²) < 4.78 is 7.35. The van der Waals surface area contributed by atoms with Crippen molar-refractivity contribution in [3.8, 4) is 0 Å². The van der Waals surface area contributed by atoms with Gasteiger partial charge in [-0.1, -0.05) is 0 Å². The number of piperidine rings is 1. The first-order chi connectivity index (χ1) is 13.7. The molecule has 1 fully saturated rings. The number of methoxy groups -OCH3 is 1. The molecule has 28 heavy (non-hydrogen) atoms. The molecule has 4 heterocycles. The van der Waals surface area contributed by atoms with Gasteiger partial charge in [0.15, 0.2) is 5.82 Å². The predicted molar refractivity (Wildman–Crippen MR) is 115 cm³/mol. The van der Waals surface area contributed by atoms with Crippen LogP contribution in [0.15, 0.2) is 29.2 Å². The van der Waals surface area contributed by atoms with Crippen LogP contribution in [0.1, 0.15) is 30.0 Å². The fourth-order valence-electron chi connectivity index (χ4n) is 3.97. The summed E-state index contributed by atoms with van der Waals surface area (Å²) in [5.74, 6) is 1.47. The average molecular weight is 400 g/mol. The van der Waals surface area contributed by atoms with Crippen LogP contribution >= 0.6 is 11.3 Å². The number of hydrogen-bond donors (Lipinski definition) is 0. The Balaban J connectivity index is 1.53. The Bertz CT molecular complexity index is 899. The van der Waals surface area contributed by atoms with E-state index in [4.69, 9.17) is 9.72 Å². The van der Waals surface area contributed by atoms with Gasteiger partial charge in [-0.3, -0.25) is 4.90 Å². The number of pyridine rings is 1. The first-order valence-corrected chi connectivity index (χ1v) is 10.9. The zero-order valence-corrected chi connectivity index (χ0v) is 17.8. The van der Waals surface area contributed by atoms with Gasteiger partial charge in [-0.15, -0.1) is 0 Å². The van der Waals surface area contributed by atoms with Gasteiger partial charge in [0.05, 0.1) is 18.5 Å². The van der Waals surface area contributed by atoms with Crippen LogP contribution in [0.5, 0.6) is 0 Å². The van der Waals surface area contributed by atoms with Crippen molar-refractivity contribution in [1.82, 2.24) is 19.4 Å². The summed E-state index contributed by atoms with van der Waals surface area (Å²) >= 11 is 1.78. The normalized spacial score (nSPS) is 16.1. The summed E-state index contributed by atoms with van der Waals surface area (Å²) in [6.45, 7) is 4.80. The number of hydrogen-bond acceptors (Lipinski definition) is 6. The molecule has 1 aliphatic rings. The van der Waals surface area contributed by atoms with E-state index in [-0.39, 0.29) is 0 Å². The van der Waals surface area contributed by atoms with Crippen LogP contribution in [0.25, 0.3) is 11.0 Å².